The predicted octanol–water partition coefficient (Wildman–Crippen LogP) is 1.42. The van der Waals surface area contributed by atoms with Gasteiger partial charge in [0.25, 0.3) is 5.91 Å². The summed E-state index contributed by atoms with van der Waals surface area (Å²) in [7, 11) is -3.79. The van der Waals surface area contributed by atoms with Gasteiger partial charge in [-0.25, -0.2) is 13.6 Å². The van der Waals surface area contributed by atoms with Gasteiger partial charge in [-0.2, -0.15) is 0 Å². The van der Waals surface area contributed by atoms with Crippen molar-refractivity contribution in [1.29, 1.82) is 0 Å². The Balaban J connectivity index is 2.96. The van der Waals surface area contributed by atoms with Crippen LogP contribution in [0, 0.1) is 12.8 Å². The highest BCUT2D eigenvalue weighted by molar-refractivity contribution is 7.89. The minimum absolute atomic E-state index is 0.0493. The first-order chi connectivity index (χ1) is 8.75. The van der Waals surface area contributed by atoms with E-state index in [4.69, 9.17) is 5.14 Å². The number of hydrogen-bond donors (Lipinski definition) is 2. The fraction of sp³-hybridized carbons (Fsp3) is 0.462. The molecule has 0 radical (unpaired) electrons. The number of carbonyl (C=O) groups excluding carboxylic acids is 1. The molecule has 1 aromatic rings. The lowest BCUT2D eigenvalue weighted by atomic mass is 10.1. The summed E-state index contributed by atoms with van der Waals surface area (Å²) >= 11 is 0. The highest BCUT2D eigenvalue weighted by atomic mass is 32.2. The van der Waals surface area contributed by atoms with E-state index in [1.54, 1.807) is 13.0 Å². The Morgan fingerprint density at radius 3 is 2.58 bits per heavy atom. The summed E-state index contributed by atoms with van der Waals surface area (Å²) in [6.07, 6.45) is 0.969. The molecule has 0 saturated heterocycles. The molecule has 0 aliphatic carbocycles. The molecule has 19 heavy (non-hydrogen) atoms. The lowest BCUT2D eigenvalue weighted by Gasteiger charge is -2.12. The van der Waals surface area contributed by atoms with E-state index in [-0.39, 0.29) is 10.8 Å². The molecule has 0 heterocycles. The number of nitrogens with one attached hydrogen (secondary N) is 1. The Hall–Kier alpha value is -1.40. The Morgan fingerprint density at radius 1 is 1.42 bits per heavy atom. The van der Waals surface area contributed by atoms with Crippen LogP contribution in [-0.2, 0) is 10.0 Å². The SMILES string of the molecule is CCC(C)CNC(=O)c1cc(S(N)(=O)=O)ccc1C. The first kappa shape index (κ1) is 15.7. The number of hydrogen-bond acceptors (Lipinski definition) is 3. The monoisotopic (exact) mass is 284 g/mol. The molecule has 5 nitrogen and oxygen atoms in total. The van der Waals surface area contributed by atoms with Gasteiger partial charge in [0.05, 0.1) is 4.90 Å². The molecule has 0 aromatic heterocycles. The first-order valence-corrected chi connectivity index (χ1v) is 7.72. The molecule has 0 fully saturated rings. The van der Waals surface area contributed by atoms with Crippen molar-refractivity contribution in [3.63, 3.8) is 0 Å². The fourth-order valence-corrected chi connectivity index (χ4v) is 2.07. The summed E-state index contributed by atoms with van der Waals surface area (Å²) in [6, 6.07) is 4.30. The smallest absolute Gasteiger partial charge is 0.251 e. The normalized spacial score (nSPS) is 13.1. The molecule has 106 valence electrons. The lowest BCUT2D eigenvalue weighted by Crippen LogP contribution is -2.29. The van der Waals surface area contributed by atoms with Crippen LogP contribution in [0.4, 0.5) is 0 Å². The van der Waals surface area contributed by atoms with Gasteiger partial charge < -0.3 is 5.32 Å². The molecular weight excluding hydrogens is 264 g/mol. The second kappa shape index (κ2) is 6.16. The number of primary sulfonamides is 1. The maximum absolute atomic E-state index is 12.0. The summed E-state index contributed by atoms with van der Waals surface area (Å²) < 4.78 is 22.6. The number of nitrogens with two attached hydrogens (primary N) is 1. The topological polar surface area (TPSA) is 89.3 Å². The summed E-state index contributed by atoms with van der Waals surface area (Å²) in [4.78, 5) is 12.0. The van der Waals surface area contributed by atoms with Gasteiger partial charge in [0.2, 0.25) is 10.0 Å². The van der Waals surface area contributed by atoms with Gasteiger partial charge in [0, 0.05) is 12.1 Å². The molecule has 1 amide bonds. The maximum Gasteiger partial charge on any atom is 0.251 e. The van der Waals surface area contributed by atoms with Gasteiger partial charge >= 0.3 is 0 Å². The average Bonchev–Trinajstić information content (AvgIpc) is 2.34. The first-order valence-electron chi connectivity index (χ1n) is 6.17. The number of benzene rings is 1. The van der Waals surface area contributed by atoms with Crippen molar-refractivity contribution >= 4 is 15.9 Å². The van der Waals surface area contributed by atoms with Crippen LogP contribution in [0.1, 0.15) is 36.2 Å². The molecule has 3 N–H and O–H groups in total. The van der Waals surface area contributed by atoms with Crippen molar-refractivity contribution in [3.05, 3.63) is 29.3 Å². The van der Waals surface area contributed by atoms with E-state index in [0.29, 0.717) is 23.6 Å². The van der Waals surface area contributed by atoms with Crippen molar-refractivity contribution < 1.29 is 13.2 Å². The van der Waals surface area contributed by atoms with Crippen LogP contribution in [0.5, 0.6) is 0 Å². The third kappa shape index (κ3) is 4.33. The molecule has 0 aliphatic rings. The minimum atomic E-state index is -3.79. The third-order valence-corrected chi connectivity index (χ3v) is 4.00. The van der Waals surface area contributed by atoms with Gasteiger partial charge in [-0.1, -0.05) is 26.3 Å². The molecule has 0 bridgehead atoms. The Bertz CT molecular complexity index is 567. The van der Waals surface area contributed by atoms with Crippen LogP contribution >= 0.6 is 0 Å². The van der Waals surface area contributed by atoms with Gasteiger partial charge in [0.15, 0.2) is 0 Å². The lowest BCUT2D eigenvalue weighted by molar-refractivity contribution is 0.0947. The second-order valence-electron chi connectivity index (χ2n) is 4.75. The van der Waals surface area contributed by atoms with Crippen molar-refractivity contribution in [2.24, 2.45) is 11.1 Å². The number of aryl methyl sites for hydroxylation is 1. The van der Waals surface area contributed by atoms with Crippen LogP contribution in [-0.4, -0.2) is 20.9 Å². The maximum atomic E-state index is 12.0. The molecular formula is C13H20N2O3S. The summed E-state index contributed by atoms with van der Waals surface area (Å²) in [5.74, 6) is 0.106. The Labute approximate surface area is 114 Å². The molecule has 1 unspecified atom stereocenters. The van der Waals surface area contributed by atoms with Crippen LogP contribution in [0.15, 0.2) is 23.1 Å². The van der Waals surface area contributed by atoms with E-state index in [0.717, 1.165) is 6.42 Å². The van der Waals surface area contributed by atoms with E-state index >= 15 is 0 Å². The number of rotatable bonds is 5. The van der Waals surface area contributed by atoms with Crippen molar-refractivity contribution in [2.45, 2.75) is 32.1 Å². The zero-order valence-electron chi connectivity index (χ0n) is 11.4. The second-order valence-corrected chi connectivity index (χ2v) is 6.31. The third-order valence-electron chi connectivity index (χ3n) is 3.09. The summed E-state index contributed by atoms with van der Waals surface area (Å²) in [5.41, 5.74) is 1.06. The molecule has 0 saturated carbocycles. The van der Waals surface area contributed by atoms with E-state index in [9.17, 15) is 13.2 Å². The Morgan fingerprint density at radius 2 is 2.05 bits per heavy atom. The van der Waals surface area contributed by atoms with Crippen molar-refractivity contribution in [1.82, 2.24) is 5.32 Å². The highest BCUT2D eigenvalue weighted by Crippen LogP contribution is 2.14. The molecule has 0 spiro atoms. The standard InChI is InChI=1S/C13H20N2O3S/c1-4-9(2)8-15-13(16)12-7-11(19(14,17)18)6-5-10(12)3/h5-7,9H,4,8H2,1-3H3,(H,15,16)(H2,14,17,18). The van der Waals surface area contributed by atoms with Gasteiger partial charge in [-0.05, 0) is 30.5 Å². The number of amides is 1. The van der Waals surface area contributed by atoms with E-state index in [1.807, 2.05) is 13.8 Å². The fourth-order valence-electron chi connectivity index (χ4n) is 1.53. The largest absolute Gasteiger partial charge is 0.352 e. The van der Waals surface area contributed by atoms with Gasteiger partial charge in [-0.15, -0.1) is 0 Å². The molecule has 1 rings (SSSR count). The molecule has 0 aliphatic heterocycles. The van der Waals surface area contributed by atoms with Crippen LogP contribution in [0.25, 0.3) is 0 Å². The summed E-state index contributed by atoms with van der Waals surface area (Å²) in [6.45, 7) is 6.40. The quantitative estimate of drug-likeness (QED) is 0.857. The molecule has 1 atom stereocenters. The van der Waals surface area contributed by atoms with Gasteiger partial charge in [-0.3, -0.25) is 4.79 Å². The molecule has 1 aromatic carbocycles. The zero-order valence-corrected chi connectivity index (χ0v) is 12.3. The van der Waals surface area contributed by atoms with Crippen LogP contribution in [0.2, 0.25) is 0 Å². The van der Waals surface area contributed by atoms with E-state index in [1.165, 1.54) is 12.1 Å². The highest BCUT2D eigenvalue weighted by Gasteiger charge is 2.15. The number of carbonyl (C=O) groups is 1. The zero-order chi connectivity index (χ0) is 14.6. The minimum Gasteiger partial charge on any atom is -0.352 e. The van der Waals surface area contributed by atoms with Crippen LogP contribution < -0.4 is 10.5 Å². The number of sulfonamides is 1. The average molecular weight is 284 g/mol. The van der Waals surface area contributed by atoms with Crippen molar-refractivity contribution in [3.8, 4) is 0 Å². The summed E-state index contributed by atoms with van der Waals surface area (Å²) in [5, 5.41) is 7.85. The van der Waals surface area contributed by atoms with Crippen LogP contribution in [0.3, 0.4) is 0 Å². The van der Waals surface area contributed by atoms with Gasteiger partial charge in [0.1, 0.15) is 0 Å². The Kier molecular flexibility index (Phi) is 5.08. The van der Waals surface area contributed by atoms with E-state index < -0.39 is 10.0 Å². The van der Waals surface area contributed by atoms with Crippen molar-refractivity contribution in [2.75, 3.05) is 6.54 Å². The molecule has 6 heteroatoms. The predicted molar refractivity (Wildman–Crippen MR) is 74.3 cm³/mol. The van der Waals surface area contributed by atoms with E-state index in [2.05, 4.69) is 5.32 Å².